The molecule has 0 fully saturated rings. The molecular weight excluding hydrogens is 204 g/mol. The summed E-state index contributed by atoms with van der Waals surface area (Å²) in [5, 5.41) is 11.5. The van der Waals surface area contributed by atoms with Gasteiger partial charge in [0.25, 0.3) is 0 Å². The molecule has 16 heavy (non-hydrogen) atoms. The summed E-state index contributed by atoms with van der Waals surface area (Å²) in [6.07, 6.45) is 2.37. The number of hydrogen-bond donors (Lipinski definition) is 3. The van der Waals surface area contributed by atoms with E-state index in [-0.39, 0.29) is 18.6 Å². The summed E-state index contributed by atoms with van der Waals surface area (Å²) in [6.45, 7) is 6.78. The van der Waals surface area contributed by atoms with Gasteiger partial charge in [-0.3, -0.25) is 4.79 Å². The molecule has 0 bridgehead atoms. The van der Waals surface area contributed by atoms with Gasteiger partial charge in [0.05, 0.1) is 6.61 Å². The predicted octanol–water partition coefficient (Wildman–Crippen LogP) is 0.885. The third kappa shape index (κ3) is 6.80. The summed E-state index contributed by atoms with van der Waals surface area (Å²) in [7, 11) is 0. The summed E-state index contributed by atoms with van der Waals surface area (Å²) in [6, 6.07) is -0.153. The smallest absolute Gasteiger partial charge is 0.220 e. The van der Waals surface area contributed by atoms with E-state index in [0.717, 1.165) is 12.8 Å². The first-order valence-electron chi connectivity index (χ1n) is 6.11. The number of amides is 1. The van der Waals surface area contributed by atoms with Gasteiger partial charge >= 0.3 is 0 Å². The SMILES string of the molecule is CC(CO)NC(=O)CCC(CCN)C(C)C. The predicted molar refractivity (Wildman–Crippen MR) is 65.9 cm³/mol. The summed E-state index contributed by atoms with van der Waals surface area (Å²) in [5.74, 6) is 1.09. The van der Waals surface area contributed by atoms with Gasteiger partial charge in [0.1, 0.15) is 0 Å². The Hall–Kier alpha value is -0.610. The van der Waals surface area contributed by atoms with Crippen molar-refractivity contribution in [1.29, 1.82) is 0 Å². The molecule has 0 saturated heterocycles. The van der Waals surface area contributed by atoms with Crippen LogP contribution in [0, 0.1) is 11.8 Å². The summed E-state index contributed by atoms with van der Waals surface area (Å²) >= 11 is 0. The molecule has 1 amide bonds. The van der Waals surface area contributed by atoms with Gasteiger partial charge in [-0.15, -0.1) is 0 Å². The molecule has 0 aliphatic heterocycles. The van der Waals surface area contributed by atoms with Crippen LogP contribution in [0.2, 0.25) is 0 Å². The second kappa shape index (κ2) is 8.53. The lowest BCUT2D eigenvalue weighted by atomic mass is 9.88. The Balaban J connectivity index is 3.87. The standard InChI is InChI=1S/C12H26N2O2/c1-9(2)11(6-7-13)4-5-12(16)14-10(3)8-15/h9-11,15H,4-8,13H2,1-3H3,(H,14,16). The number of carbonyl (C=O) groups is 1. The van der Waals surface area contributed by atoms with Gasteiger partial charge in [-0.1, -0.05) is 13.8 Å². The van der Waals surface area contributed by atoms with Crippen molar-refractivity contribution in [2.45, 2.75) is 46.1 Å². The van der Waals surface area contributed by atoms with Crippen LogP contribution in [-0.2, 0) is 4.79 Å². The average Bonchev–Trinajstić information content (AvgIpc) is 2.23. The Labute approximate surface area is 98.6 Å². The van der Waals surface area contributed by atoms with E-state index < -0.39 is 0 Å². The largest absolute Gasteiger partial charge is 0.394 e. The maximum Gasteiger partial charge on any atom is 0.220 e. The van der Waals surface area contributed by atoms with Crippen LogP contribution in [0.15, 0.2) is 0 Å². The zero-order valence-corrected chi connectivity index (χ0v) is 10.7. The minimum Gasteiger partial charge on any atom is -0.394 e. The third-order valence-corrected chi connectivity index (χ3v) is 2.90. The molecule has 0 aromatic heterocycles. The van der Waals surface area contributed by atoms with Gasteiger partial charge in [0.15, 0.2) is 0 Å². The molecule has 0 spiro atoms. The number of carbonyl (C=O) groups excluding carboxylic acids is 1. The van der Waals surface area contributed by atoms with E-state index in [9.17, 15) is 4.79 Å². The van der Waals surface area contributed by atoms with E-state index in [1.807, 2.05) is 0 Å². The Morgan fingerprint density at radius 1 is 1.31 bits per heavy atom. The quantitative estimate of drug-likeness (QED) is 0.579. The number of rotatable bonds is 8. The Kier molecular flexibility index (Phi) is 8.21. The van der Waals surface area contributed by atoms with Crippen molar-refractivity contribution < 1.29 is 9.90 Å². The van der Waals surface area contributed by atoms with Gasteiger partial charge in [-0.2, -0.15) is 0 Å². The van der Waals surface area contributed by atoms with Crippen molar-refractivity contribution in [1.82, 2.24) is 5.32 Å². The van der Waals surface area contributed by atoms with Gasteiger partial charge in [0.2, 0.25) is 5.91 Å². The molecule has 2 atom stereocenters. The summed E-state index contributed by atoms with van der Waals surface area (Å²) in [4.78, 5) is 11.5. The summed E-state index contributed by atoms with van der Waals surface area (Å²) < 4.78 is 0. The van der Waals surface area contributed by atoms with Gasteiger partial charge in [-0.05, 0) is 38.1 Å². The molecule has 4 heteroatoms. The van der Waals surface area contributed by atoms with Crippen LogP contribution in [-0.4, -0.2) is 30.2 Å². The topological polar surface area (TPSA) is 75.3 Å². The van der Waals surface area contributed by atoms with Gasteiger partial charge in [0, 0.05) is 12.5 Å². The lowest BCUT2D eigenvalue weighted by Gasteiger charge is -2.20. The Morgan fingerprint density at radius 3 is 2.38 bits per heavy atom. The van der Waals surface area contributed by atoms with Gasteiger partial charge in [-0.25, -0.2) is 0 Å². The number of hydrogen-bond acceptors (Lipinski definition) is 3. The second-order valence-electron chi connectivity index (χ2n) is 4.77. The van der Waals surface area contributed by atoms with E-state index in [0.29, 0.717) is 24.8 Å². The number of aliphatic hydroxyl groups excluding tert-OH is 1. The molecule has 0 saturated carbocycles. The highest BCUT2D eigenvalue weighted by Gasteiger charge is 2.15. The Morgan fingerprint density at radius 2 is 1.94 bits per heavy atom. The van der Waals surface area contributed by atoms with Crippen molar-refractivity contribution in [3.05, 3.63) is 0 Å². The van der Waals surface area contributed by atoms with Crippen molar-refractivity contribution >= 4 is 5.91 Å². The van der Waals surface area contributed by atoms with Crippen LogP contribution in [0.3, 0.4) is 0 Å². The van der Waals surface area contributed by atoms with Crippen LogP contribution < -0.4 is 11.1 Å². The molecule has 0 aliphatic carbocycles. The fourth-order valence-electron chi connectivity index (χ4n) is 1.73. The van der Waals surface area contributed by atoms with Crippen LogP contribution in [0.25, 0.3) is 0 Å². The molecule has 0 radical (unpaired) electrons. The maximum absolute atomic E-state index is 11.5. The molecule has 0 aromatic rings. The lowest BCUT2D eigenvalue weighted by molar-refractivity contribution is -0.122. The lowest BCUT2D eigenvalue weighted by Crippen LogP contribution is -2.35. The van der Waals surface area contributed by atoms with E-state index in [4.69, 9.17) is 10.8 Å². The molecule has 0 heterocycles. The Bertz CT molecular complexity index is 195. The van der Waals surface area contributed by atoms with Crippen LogP contribution in [0.4, 0.5) is 0 Å². The minimum absolute atomic E-state index is 0.0118. The number of aliphatic hydroxyl groups is 1. The summed E-state index contributed by atoms with van der Waals surface area (Å²) in [5.41, 5.74) is 5.54. The molecule has 0 rings (SSSR count). The molecule has 96 valence electrons. The van der Waals surface area contributed by atoms with Crippen molar-refractivity contribution in [3.63, 3.8) is 0 Å². The average molecular weight is 230 g/mol. The van der Waals surface area contributed by atoms with Crippen LogP contribution in [0.5, 0.6) is 0 Å². The molecule has 4 N–H and O–H groups in total. The monoisotopic (exact) mass is 230 g/mol. The van der Waals surface area contributed by atoms with E-state index in [2.05, 4.69) is 19.2 Å². The van der Waals surface area contributed by atoms with Crippen molar-refractivity contribution in [3.8, 4) is 0 Å². The van der Waals surface area contributed by atoms with Crippen molar-refractivity contribution in [2.24, 2.45) is 17.6 Å². The van der Waals surface area contributed by atoms with Gasteiger partial charge < -0.3 is 16.2 Å². The van der Waals surface area contributed by atoms with E-state index in [1.165, 1.54) is 0 Å². The van der Waals surface area contributed by atoms with Crippen molar-refractivity contribution in [2.75, 3.05) is 13.2 Å². The second-order valence-corrected chi connectivity index (χ2v) is 4.77. The first kappa shape index (κ1) is 15.4. The first-order chi connectivity index (χ1) is 7.51. The third-order valence-electron chi connectivity index (χ3n) is 2.90. The van der Waals surface area contributed by atoms with E-state index in [1.54, 1.807) is 6.92 Å². The molecule has 0 aromatic carbocycles. The van der Waals surface area contributed by atoms with Crippen LogP contribution in [0.1, 0.15) is 40.0 Å². The fraction of sp³-hybridized carbons (Fsp3) is 0.917. The highest BCUT2D eigenvalue weighted by atomic mass is 16.3. The number of nitrogens with two attached hydrogens (primary N) is 1. The minimum atomic E-state index is -0.153. The molecule has 0 aliphatic rings. The zero-order chi connectivity index (χ0) is 12.6. The highest BCUT2D eigenvalue weighted by Crippen LogP contribution is 2.20. The first-order valence-corrected chi connectivity index (χ1v) is 6.11. The van der Waals surface area contributed by atoms with E-state index >= 15 is 0 Å². The molecule has 4 nitrogen and oxygen atoms in total. The number of nitrogens with one attached hydrogen (secondary N) is 1. The normalized spacial score (nSPS) is 14.9. The molecular formula is C12H26N2O2. The molecule has 2 unspecified atom stereocenters. The van der Waals surface area contributed by atoms with Crippen LogP contribution >= 0.6 is 0 Å². The zero-order valence-electron chi connectivity index (χ0n) is 10.7. The maximum atomic E-state index is 11.5. The highest BCUT2D eigenvalue weighted by molar-refractivity contribution is 5.76. The fourth-order valence-corrected chi connectivity index (χ4v) is 1.73.